The second-order valence-corrected chi connectivity index (χ2v) is 7.95. The molecule has 1 atom stereocenters. The van der Waals surface area contributed by atoms with Gasteiger partial charge in [-0.15, -0.1) is 0 Å². The van der Waals surface area contributed by atoms with E-state index in [1.54, 1.807) is 4.57 Å². The summed E-state index contributed by atoms with van der Waals surface area (Å²) in [6.45, 7) is 2.21. The van der Waals surface area contributed by atoms with Crippen LogP contribution in [-0.2, 0) is 16.4 Å². The molecular formula is C14H18N2O3S. The van der Waals surface area contributed by atoms with Crippen LogP contribution in [0.3, 0.4) is 0 Å². The van der Waals surface area contributed by atoms with E-state index in [9.17, 15) is 13.2 Å². The van der Waals surface area contributed by atoms with Crippen molar-refractivity contribution >= 4 is 20.9 Å². The molecule has 1 unspecified atom stereocenters. The van der Waals surface area contributed by atoms with Crippen molar-refractivity contribution in [2.24, 2.45) is 0 Å². The highest BCUT2D eigenvalue weighted by Crippen LogP contribution is 2.22. The number of benzene rings is 1. The molecule has 1 aliphatic heterocycles. The van der Waals surface area contributed by atoms with E-state index in [0.29, 0.717) is 6.42 Å². The van der Waals surface area contributed by atoms with Crippen molar-refractivity contribution < 1.29 is 8.42 Å². The van der Waals surface area contributed by atoms with E-state index in [2.05, 4.69) is 4.98 Å². The number of aromatic nitrogens is 2. The molecule has 20 heavy (non-hydrogen) atoms. The first-order valence-corrected chi connectivity index (χ1v) is 8.60. The second-order valence-electron chi connectivity index (χ2n) is 5.55. The molecule has 0 amide bonds. The highest BCUT2D eigenvalue weighted by Gasteiger charge is 2.29. The van der Waals surface area contributed by atoms with Crippen LogP contribution < -0.4 is 5.69 Å². The number of imidazole rings is 1. The molecule has 2 heterocycles. The molecule has 5 nitrogen and oxygen atoms in total. The van der Waals surface area contributed by atoms with Crippen LogP contribution in [0.5, 0.6) is 0 Å². The van der Waals surface area contributed by atoms with Crippen LogP contribution in [0.4, 0.5) is 0 Å². The normalized spacial score (nSPS) is 22.1. The summed E-state index contributed by atoms with van der Waals surface area (Å²) in [4.78, 5) is 14.8. The number of rotatable bonds is 2. The van der Waals surface area contributed by atoms with E-state index in [4.69, 9.17) is 0 Å². The van der Waals surface area contributed by atoms with Crippen molar-refractivity contribution in [3.8, 4) is 0 Å². The van der Waals surface area contributed by atoms with Crippen molar-refractivity contribution in [1.82, 2.24) is 9.55 Å². The summed E-state index contributed by atoms with van der Waals surface area (Å²) in [6.07, 6.45) is 2.30. The Labute approximate surface area is 117 Å². The third-order valence-electron chi connectivity index (χ3n) is 4.03. The summed E-state index contributed by atoms with van der Waals surface area (Å²) in [5.41, 5.74) is 2.37. The number of hydrogen-bond acceptors (Lipinski definition) is 3. The molecule has 2 aromatic rings. The smallest absolute Gasteiger partial charge is 0.306 e. The molecule has 1 aromatic carbocycles. The second kappa shape index (κ2) is 4.77. The molecule has 0 aliphatic carbocycles. The summed E-state index contributed by atoms with van der Waals surface area (Å²) >= 11 is 0. The van der Waals surface area contributed by atoms with Crippen LogP contribution in [0.25, 0.3) is 11.0 Å². The van der Waals surface area contributed by atoms with Gasteiger partial charge >= 0.3 is 5.69 Å². The number of sulfone groups is 1. The number of nitrogens with zero attached hydrogens (tertiary/aromatic N) is 1. The van der Waals surface area contributed by atoms with Gasteiger partial charge in [-0.05, 0) is 37.5 Å². The van der Waals surface area contributed by atoms with Crippen molar-refractivity contribution in [2.75, 3.05) is 5.75 Å². The van der Waals surface area contributed by atoms with Crippen LogP contribution >= 0.6 is 0 Å². The van der Waals surface area contributed by atoms with Crippen LogP contribution in [0.1, 0.15) is 24.8 Å². The van der Waals surface area contributed by atoms with Gasteiger partial charge in [0.2, 0.25) is 0 Å². The van der Waals surface area contributed by atoms with Crippen LogP contribution in [-0.4, -0.2) is 29.0 Å². The zero-order chi connectivity index (χ0) is 14.3. The lowest BCUT2D eigenvalue weighted by Gasteiger charge is -2.22. The Bertz CT molecular complexity index is 801. The Hall–Kier alpha value is -1.56. The molecule has 108 valence electrons. The minimum absolute atomic E-state index is 0.230. The highest BCUT2D eigenvalue weighted by atomic mass is 32.2. The summed E-state index contributed by atoms with van der Waals surface area (Å²) in [5.74, 6) is 0.244. The first-order chi connectivity index (χ1) is 9.47. The van der Waals surface area contributed by atoms with E-state index < -0.39 is 15.1 Å². The van der Waals surface area contributed by atoms with Gasteiger partial charge in [0, 0.05) is 6.54 Å². The van der Waals surface area contributed by atoms with E-state index in [0.717, 1.165) is 29.4 Å². The fraction of sp³-hybridized carbons (Fsp3) is 0.500. The van der Waals surface area contributed by atoms with Gasteiger partial charge in [-0.1, -0.05) is 12.5 Å². The fourth-order valence-electron chi connectivity index (χ4n) is 2.87. The van der Waals surface area contributed by atoms with Gasteiger partial charge in [-0.2, -0.15) is 0 Å². The Kier molecular flexibility index (Phi) is 3.20. The number of nitrogens with one attached hydrogen (secondary N) is 1. The Morgan fingerprint density at radius 3 is 2.90 bits per heavy atom. The maximum absolute atomic E-state index is 12.1. The first-order valence-electron chi connectivity index (χ1n) is 6.88. The van der Waals surface area contributed by atoms with Gasteiger partial charge < -0.3 is 4.98 Å². The Balaban J connectivity index is 2.04. The largest absolute Gasteiger partial charge is 0.326 e. The zero-order valence-electron chi connectivity index (χ0n) is 11.4. The average molecular weight is 294 g/mol. The monoisotopic (exact) mass is 294 g/mol. The van der Waals surface area contributed by atoms with Crippen LogP contribution in [0.15, 0.2) is 23.0 Å². The maximum Gasteiger partial charge on any atom is 0.326 e. The average Bonchev–Trinajstić information content (AvgIpc) is 2.68. The maximum atomic E-state index is 12.1. The van der Waals surface area contributed by atoms with Gasteiger partial charge in [0.15, 0.2) is 9.84 Å². The number of H-pyrrole nitrogens is 1. The molecule has 0 bridgehead atoms. The number of fused-ring (bicyclic) bond motifs is 1. The van der Waals surface area contributed by atoms with Crippen molar-refractivity contribution in [3.63, 3.8) is 0 Å². The van der Waals surface area contributed by atoms with Crippen LogP contribution in [0.2, 0.25) is 0 Å². The molecule has 6 heteroatoms. The molecule has 0 saturated carbocycles. The first kappa shape index (κ1) is 13.4. The van der Waals surface area contributed by atoms with E-state index in [1.807, 2.05) is 25.1 Å². The lowest BCUT2D eigenvalue weighted by atomic mass is 10.2. The molecule has 3 rings (SSSR count). The van der Waals surface area contributed by atoms with Crippen molar-refractivity contribution in [3.05, 3.63) is 34.2 Å². The third kappa shape index (κ3) is 2.28. The predicted octanol–water partition coefficient (Wildman–Crippen LogP) is 1.61. The zero-order valence-corrected chi connectivity index (χ0v) is 12.2. The van der Waals surface area contributed by atoms with Gasteiger partial charge in [0.25, 0.3) is 0 Å². The SMILES string of the molecule is Cc1ccc2[nH]c(=O)n(CC3CCCCS3(=O)=O)c2c1. The minimum atomic E-state index is -3.07. The van der Waals surface area contributed by atoms with E-state index >= 15 is 0 Å². The standard InChI is InChI=1S/C14H18N2O3S/c1-10-5-6-12-13(8-10)16(14(17)15-12)9-11-4-2-3-7-20(11,18)19/h5-6,8,11H,2-4,7,9H2,1H3,(H,15,17). The molecule has 1 fully saturated rings. The molecular weight excluding hydrogens is 276 g/mol. The van der Waals surface area contributed by atoms with Gasteiger partial charge in [0.05, 0.1) is 22.0 Å². The van der Waals surface area contributed by atoms with Crippen molar-refractivity contribution in [1.29, 1.82) is 0 Å². The quantitative estimate of drug-likeness (QED) is 0.914. The molecule has 0 spiro atoms. The summed E-state index contributed by atoms with van der Waals surface area (Å²) in [6, 6.07) is 5.71. The lowest BCUT2D eigenvalue weighted by Crippen LogP contribution is -2.35. The van der Waals surface area contributed by atoms with Gasteiger partial charge in [0.1, 0.15) is 0 Å². The summed E-state index contributed by atoms with van der Waals surface area (Å²) in [7, 11) is -3.07. The predicted molar refractivity (Wildman–Crippen MR) is 78.7 cm³/mol. The fourth-order valence-corrected chi connectivity index (χ4v) is 4.72. The highest BCUT2D eigenvalue weighted by molar-refractivity contribution is 7.92. The third-order valence-corrected chi connectivity index (χ3v) is 6.29. The minimum Gasteiger partial charge on any atom is -0.306 e. The van der Waals surface area contributed by atoms with Gasteiger partial charge in [-0.25, -0.2) is 13.2 Å². The topological polar surface area (TPSA) is 71.9 Å². The molecule has 1 aromatic heterocycles. The lowest BCUT2D eigenvalue weighted by molar-refractivity contribution is 0.508. The molecule has 1 saturated heterocycles. The van der Waals surface area contributed by atoms with E-state index in [1.165, 1.54) is 0 Å². The van der Waals surface area contributed by atoms with Crippen LogP contribution in [0, 0.1) is 6.92 Å². The van der Waals surface area contributed by atoms with Crippen molar-refractivity contribution in [2.45, 2.75) is 38.0 Å². The molecule has 1 N–H and O–H groups in total. The molecule has 0 radical (unpaired) electrons. The van der Waals surface area contributed by atoms with Gasteiger partial charge in [-0.3, -0.25) is 4.57 Å². The number of hydrogen-bond donors (Lipinski definition) is 1. The number of aryl methyl sites for hydroxylation is 1. The van der Waals surface area contributed by atoms with E-state index in [-0.39, 0.29) is 18.0 Å². The number of aromatic amines is 1. The summed E-state index contributed by atoms with van der Waals surface area (Å²) in [5, 5.41) is -0.437. The summed E-state index contributed by atoms with van der Waals surface area (Å²) < 4.78 is 25.8. The molecule has 1 aliphatic rings. The Morgan fingerprint density at radius 2 is 2.15 bits per heavy atom. The Morgan fingerprint density at radius 1 is 1.35 bits per heavy atom.